The minimum atomic E-state index is -0.326. The molecule has 0 bridgehead atoms. The summed E-state index contributed by atoms with van der Waals surface area (Å²) in [7, 11) is 0. The smallest absolute Gasteiger partial charge is 0.152 e. The van der Waals surface area contributed by atoms with Crippen molar-refractivity contribution in [3.05, 3.63) is 0 Å². The molecule has 0 saturated carbocycles. The number of hydrogen-bond donors (Lipinski definition) is 1. The lowest BCUT2D eigenvalue weighted by atomic mass is 9.81. The molecule has 0 rings (SSSR count). The minimum absolute atomic E-state index is 0.0965. The summed E-state index contributed by atoms with van der Waals surface area (Å²) in [6.07, 6.45) is 0.878. The van der Waals surface area contributed by atoms with Gasteiger partial charge in [-0.2, -0.15) is 0 Å². The van der Waals surface area contributed by atoms with Crippen LogP contribution < -0.4 is 5.73 Å². The molecule has 0 aromatic rings. The van der Waals surface area contributed by atoms with Crippen LogP contribution in [-0.2, 0) is 4.79 Å². The molecular formula is C10H21NO. The third-order valence-corrected chi connectivity index (χ3v) is 2.34. The lowest BCUT2D eigenvalue weighted by Crippen LogP contribution is -2.44. The third kappa shape index (κ3) is 2.94. The van der Waals surface area contributed by atoms with Crippen LogP contribution in [0.4, 0.5) is 0 Å². The summed E-state index contributed by atoms with van der Waals surface area (Å²) in [6.45, 7) is 9.94. The van der Waals surface area contributed by atoms with Gasteiger partial charge in [0.15, 0.2) is 5.78 Å². The number of nitrogens with two attached hydrogens (primary N) is 1. The average Bonchev–Trinajstić information content (AvgIpc) is 1.98. The van der Waals surface area contributed by atoms with Crippen molar-refractivity contribution in [2.24, 2.45) is 17.1 Å². The van der Waals surface area contributed by atoms with Gasteiger partial charge >= 0.3 is 0 Å². The number of rotatable bonds is 3. The van der Waals surface area contributed by atoms with Gasteiger partial charge in [-0.15, -0.1) is 0 Å². The zero-order valence-electron chi connectivity index (χ0n) is 8.85. The summed E-state index contributed by atoms with van der Waals surface area (Å²) < 4.78 is 0. The molecule has 2 heteroatoms. The summed E-state index contributed by atoms with van der Waals surface area (Å²) in [5, 5.41) is 0. The zero-order valence-corrected chi connectivity index (χ0v) is 8.85. The molecule has 0 saturated heterocycles. The Balaban J connectivity index is 4.30. The zero-order chi connectivity index (χ0) is 9.94. The highest BCUT2D eigenvalue weighted by atomic mass is 16.1. The van der Waals surface area contributed by atoms with Gasteiger partial charge in [-0.3, -0.25) is 4.79 Å². The first kappa shape index (κ1) is 11.6. The van der Waals surface area contributed by atoms with E-state index in [4.69, 9.17) is 5.73 Å². The van der Waals surface area contributed by atoms with Crippen LogP contribution in [0.2, 0.25) is 0 Å². The average molecular weight is 171 g/mol. The second kappa shape index (κ2) is 4.04. The van der Waals surface area contributed by atoms with Crippen LogP contribution in [0.1, 0.15) is 41.0 Å². The fourth-order valence-electron chi connectivity index (χ4n) is 0.934. The van der Waals surface area contributed by atoms with E-state index < -0.39 is 0 Å². The molecule has 2 atom stereocenters. The molecule has 2 N–H and O–H groups in total. The summed E-state index contributed by atoms with van der Waals surface area (Å²) in [6, 6.07) is -0.326. The van der Waals surface area contributed by atoms with E-state index in [-0.39, 0.29) is 23.2 Å². The number of carbonyl (C=O) groups excluding carboxylic acids is 1. The standard InChI is InChI=1S/C10H21NO/c1-6-7(2)8(12)9(11)10(3,4)5/h7,9H,6,11H2,1-5H3. The highest BCUT2D eigenvalue weighted by Gasteiger charge is 2.29. The topological polar surface area (TPSA) is 43.1 Å². The van der Waals surface area contributed by atoms with Gasteiger partial charge in [0.05, 0.1) is 6.04 Å². The number of Topliss-reactive ketones (excluding diaryl/α,β-unsaturated/α-hetero) is 1. The number of carbonyl (C=O) groups is 1. The fourth-order valence-corrected chi connectivity index (χ4v) is 0.934. The van der Waals surface area contributed by atoms with Crippen molar-refractivity contribution in [2.75, 3.05) is 0 Å². The largest absolute Gasteiger partial charge is 0.321 e. The van der Waals surface area contributed by atoms with Gasteiger partial charge in [-0.25, -0.2) is 0 Å². The van der Waals surface area contributed by atoms with Gasteiger partial charge in [0, 0.05) is 5.92 Å². The van der Waals surface area contributed by atoms with Crippen LogP contribution in [0.3, 0.4) is 0 Å². The first-order valence-corrected chi connectivity index (χ1v) is 4.60. The van der Waals surface area contributed by atoms with Gasteiger partial charge < -0.3 is 5.73 Å². The molecule has 2 nitrogen and oxygen atoms in total. The van der Waals surface area contributed by atoms with Crippen LogP contribution in [-0.4, -0.2) is 11.8 Å². The summed E-state index contributed by atoms with van der Waals surface area (Å²) in [5.41, 5.74) is 5.71. The molecule has 2 unspecified atom stereocenters. The molecule has 0 aliphatic carbocycles. The maximum atomic E-state index is 11.6. The van der Waals surface area contributed by atoms with E-state index in [1.54, 1.807) is 0 Å². The summed E-state index contributed by atoms with van der Waals surface area (Å²) in [4.78, 5) is 11.6. The second-order valence-corrected chi connectivity index (χ2v) is 4.56. The van der Waals surface area contributed by atoms with Crippen molar-refractivity contribution in [1.82, 2.24) is 0 Å². The summed E-state index contributed by atoms with van der Waals surface area (Å²) in [5.74, 6) is 0.282. The Morgan fingerprint density at radius 2 is 1.83 bits per heavy atom. The van der Waals surface area contributed by atoms with Crippen molar-refractivity contribution < 1.29 is 4.79 Å². The van der Waals surface area contributed by atoms with Crippen molar-refractivity contribution >= 4 is 5.78 Å². The molecule has 0 aliphatic heterocycles. The lowest BCUT2D eigenvalue weighted by molar-refractivity contribution is -0.125. The van der Waals surface area contributed by atoms with Gasteiger partial charge in [0.2, 0.25) is 0 Å². The normalized spacial score (nSPS) is 17.2. The SMILES string of the molecule is CCC(C)C(=O)C(N)C(C)(C)C. The molecule has 0 heterocycles. The minimum Gasteiger partial charge on any atom is -0.321 e. The molecule has 0 aromatic heterocycles. The van der Waals surface area contributed by atoms with Crippen molar-refractivity contribution in [2.45, 2.75) is 47.1 Å². The number of hydrogen-bond acceptors (Lipinski definition) is 2. The molecule has 0 amide bonds. The van der Waals surface area contributed by atoms with Gasteiger partial charge in [0.1, 0.15) is 0 Å². The first-order valence-electron chi connectivity index (χ1n) is 4.60. The Hall–Kier alpha value is -0.370. The van der Waals surface area contributed by atoms with Gasteiger partial charge in [-0.05, 0) is 11.8 Å². The molecule has 72 valence electrons. The van der Waals surface area contributed by atoms with E-state index in [0.29, 0.717) is 0 Å². The molecule has 12 heavy (non-hydrogen) atoms. The van der Waals surface area contributed by atoms with E-state index in [2.05, 4.69) is 0 Å². The Morgan fingerprint density at radius 3 is 2.08 bits per heavy atom. The van der Waals surface area contributed by atoms with E-state index in [9.17, 15) is 4.79 Å². The highest BCUT2D eigenvalue weighted by Crippen LogP contribution is 2.21. The Labute approximate surface area is 75.5 Å². The molecule has 0 spiro atoms. The van der Waals surface area contributed by atoms with Crippen LogP contribution >= 0.6 is 0 Å². The Morgan fingerprint density at radius 1 is 1.42 bits per heavy atom. The quantitative estimate of drug-likeness (QED) is 0.705. The van der Waals surface area contributed by atoms with Gasteiger partial charge in [0.25, 0.3) is 0 Å². The molecule has 0 fully saturated rings. The second-order valence-electron chi connectivity index (χ2n) is 4.56. The maximum Gasteiger partial charge on any atom is 0.152 e. The first-order chi connectivity index (χ1) is 5.30. The third-order valence-electron chi connectivity index (χ3n) is 2.34. The van der Waals surface area contributed by atoms with Crippen molar-refractivity contribution in [1.29, 1.82) is 0 Å². The fraction of sp³-hybridized carbons (Fsp3) is 0.900. The predicted octanol–water partition coefficient (Wildman–Crippen LogP) is 1.98. The highest BCUT2D eigenvalue weighted by molar-refractivity contribution is 5.86. The van der Waals surface area contributed by atoms with E-state index >= 15 is 0 Å². The van der Waals surface area contributed by atoms with E-state index in [1.807, 2.05) is 34.6 Å². The van der Waals surface area contributed by atoms with Crippen molar-refractivity contribution in [3.63, 3.8) is 0 Å². The van der Waals surface area contributed by atoms with Crippen LogP contribution in [0, 0.1) is 11.3 Å². The monoisotopic (exact) mass is 171 g/mol. The lowest BCUT2D eigenvalue weighted by Gasteiger charge is -2.27. The molecular weight excluding hydrogens is 150 g/mol. The predicted molar refractivity (Wildman–Crippen MR) is 51.9 cm³/mol. The Bertz CT molecular complexity index is 158. The maximum absolute atomic E-state index is 11.6. The summed E-state index contributed by atoms with van der Waals surface area (Å²) >= 11 is 0. The van der Waals surface area contributed by atoms with Gasteiger partial charge in [-0.1, -0.05) is 34.6 Å². The number of ketones is 1. The van der Waals surface area contributed by atoms with Crippen LogP contribution in [0.15, 0.2) is 0 Å². The van der Waals surface area contributed by atoms with Crippen LogP contribution in [0.5, 0.6) is 0 Å². The molecule has 0 radical (unpaired) electrons. The van der Waals surface area contributed by atoms with E-state index in [1.165, 1.54) is 0 Å². The van der Waals surface area contributed by atoms with Crippen LogP contribution in [0.25, 0.3) is 0 Å². The molecule has 0 aliphatic rings. The van der Waals surface area contributed by atoms with Crippen molar-refractivity contribution in [3.8, 4) is 0 Å². The molecule has 0 aromatic carbocycles. The Kier molecular flexibility index (Phi) is 3.91. The van der Waals surface area contributed by atoms with E-state index in [0.717, 1.165) is 6.42 Å².